The molecule has 1 nitrogen and oxygen atoms in total. The van der Waals surface area contributed by atoms with Crippen molar-refractivity contribution in [2.75, 3.05) is 6.61 Å². The maximum absolute atomic E-state index is 5.52. The summed E-state index contributed by atoms with van der Waals surface area (Å²) < 4.78 is 5.52. The van der Waals surface area contributed by atoms with E-state index in [0.717, 1.165) is 5.75 Å². The molecule has 1 rings (SSSR count). The molecule has 0 aromatic heterocycles. The number of ether oxygens (including phenoxy) is 1. The lowest BCUT2D eigenvalue weighted by atomic mass is 9.76. The minimum absolute atomic E-state index is 0.299. The number of rotatable bonds is 8. The molecule has 0 aliphatic rings. The predicted octanol–water partition coefficient (Wildman–Crippen LogP) is 5.11. The Balaban J connectivity index is 2.77. The first-order chi connectivity index (χ1) is 8.66. The van der Waals surface area contributed by atoms with Gasteiger partial charge in [-0.15, -0.1) is 0 Å². The van der Waals surface area contributed by atoms with Gasteiger partial charge in [-0.1, -0.05) is 58.4 Å². The summed E-state index contributed by atoms with van der Waals surface area (Å²) in [6.07, 6.45) is 6.76. The molecule has 100 valence electrons. The van der Waals surface area contributed by atoms with Crippen molar-refractivity contribution in [3.8, 4) is 5.75 Å². The fourth-order valence-corrected chi connectivity index (χ4v) is 2.20. The van der Waals surface area contributed by atoms with Crippen molar-refractivity contribution < 1.29 is 4.74 Å². The zero-order chi connectivity index (χ0) is 13.4. The molecule has 0 bridgehead atoms. The van der Waals surface area contributed by atoms with Gasteiger partial charge in [-0.3, -0.25) is 0 Å². The van der Waals surface area contributed by atoms with Gasteiger partial charge in [-0.2, -0.15) is 0 Å². The van der Waals surface area contributed by atoms with Gasteiger partial charge in [0.2, 0.25) is 0 Å². The third-order valence-corrected chi connectivity index (χ3v) is 3.78. The van der Waals surface area contributed by atoms with Crippen LogP contribution in [0.3, 0.4) is 0 Å². The zero-order valence-corrected chi connectivity index (χ0v) is 12.0. The Hall–Kier alpha value is -1.24. The smallest absolute Gasteiger partial charge is 0.119 e. The largest absolute Gasteiger partial charge is 0.490 e. The standard InChI is InChI=1S/C17H26O/c1-5-8-13-17(4,7-3)15-9-11-16(12-10-15)18-14-6-2/h6,9-12H,2,5,7-8,13-14H2,1,3-4H3. The van der Waals surface area contributed by atoms with Crippen LogP contribution < -0.4 is 4.74 Å². The van der Waals surface area contributed by atoms with Gasteiger partial charge in [-0.05, 0) is 36.0 Å². The topological polar surface area (TPSA) is 9.23 Å². The Labute approximate surface area is 112 Å². The monoisotopic (exact) mass is 246 g/mol. The fourth-order valence-electron chi connectivity index (χ4n) is 2.20. The van der Waals surface area contributed by atoms with Crippen LogP contribution in [0.2, 0.25) is 0 Å². The summed E-state index contributed by atoms with van der Waals surface area (Å²) in [4.78, 5) is 0. The third kappa shape index (κ3) is 3.90. The van der Waals surface area contributed by atoms with Crippen molar-refractivity contribution in [3.63, 3.8) is 0 Å². The lowest BCUT2D eigenvalue weighted by Gasteiger charge is -2.29. The average molecular weight is 246 g/mol. The van der Waals surface area contributed by atoms with E-state index in [4.69, 9.17) is 4.74 Å². The van der Waals surface area contributed by atoms with E-state index in [9.17, 15) is 0 Å². The van der Waals surface area contributed by atoms with Crippen LogP contribution in [0.25, 0.3) is 0 Å². The van der Waals surface area contributed by atoms with Gasteiger partial charge in [0.15, 0.2) is 0 Å². The van der Waals surface area contributed by atoms with Gasteiger partial charge >= 0.3 is 0 Å². The van der Waals surface area contributed by atoms with Crippen LogP contribution in [0.5, 0.6) is 5.75 Å². The predicted molar refractivity (Wildman–Crippen MR) is 79.3 cm³/mol. The Morgan fingerprint density at radius 1 is 1.22 bits per heavy atom. The molecule has 0 saturated heterocycles. The first-order valence-corrected chi connectivity index (χ1v) is 7.00. The summed E-state index contributed by atoms with van der Waals surface area (Å²) in [5.41, 5.74) is 1.72. The highest BCUT2D eigenvalue weighted by atomic mass is 16.5. The number of unbranched alkanes of at least 4 members (excludes halogenated alkanes) is 1. The third-order valence-electron chi connectivity index (χ3n) is 3.78. The molecule has 0 spiro atoms. The Morgan fingerprint density at radius 2 is 1.89 bits per heavy atom. The molecular formula is C17H26O. The Morgan fingerprint density at radius 3 is 2.39 bits per heavy atom. The molecule has 0 fully saturated rings. The van der Waals surface area contributed by atoms with Crippen LogP contribution in [0, 0.1) is 0 Å². The fraction of sp³-hybridized carbons (Fsp3) is 0.529. The van der Waals surface area contributed by atoms with Gasteiger partial charge in [0, 0.05) is 0 Å². The SMILES string of the molecule is C=CCOc1ccc(C(C)(CC)CCCC)cc1. The number of benzene rings is 1. The van der Waals surface area contributed by atoms with Crippen molar-refractivity contribution in [2.24, 2.45) is 0 Å². The summed E-state index contributed by atoms with van der Waals surface area (Å²) in [7, 11) is 0. The van der Waals surface area contributed by atoms with E-state index in [1.54, 1.807) is 6.08 Å². The highest BCUT2D eigenvalue weighted by Gasteiger charge is 2.23. The molecule has 0 aliphatic carbocycles. The summed E-state index contributed by atoms with van der Waals surface area (Å²) in [5, 5.41) is 0. The molecule has 0 radical (unpaired) electrons. The van der Waals surface area contributed by atoms with Crippen LogP contribution in [0.1, 0.15) is 52.0 Å². The van der Waals surface area contributed by atoms with Crippen LogP contribution >= 0.6 is 0 Å². The zero-order valence-electron chi connectivity index (χ0n) is 12.0. The van der Waals surface area contributed by atoms with E-state index in [0.29, 0.717) is 12.0 Å². The molecule has 1 heteroatoms. The molecule has 0 amide bonds. The molecule has 0 N–H and O–H groups in total. The average Bonchev–Trinajstić information content (AvgIpc) is 2.43. The molecular weight excluding hydrogens is 220 g/mol. The Kier molecular flexibility index (Phi) is 5.97. The van der Waals surface area contributed by atoms with E-state index >= 15 is 0 Å². The molecule has 1 aromatic rings. The van der Waals surface area contributed by atoms with Gasteiger partial charge in [0.25, 0.3) is 0 Å². The first kappa shape index (κ1) is 14.8. The molecule has 1 atom stereocenters. The van der Waals surface area contributed by atoms with Crippen molar-refractivity contribution in [3.05, 3.63) is 42.5 Å². The molecule has 0 aliphatic heterocycles. The molecule has 0 saturated carbocycles. The highest BCUT2D eigenvalue weighted by Crippen LogP contribution is 2.33. The van der Waals surface area contributed by atoms with E-state index in [2.05, 4.69) is 51.6 Å². The normalized spacial score (nSPS) is 13.9. The number of hydrogen-bond acceptors (Lipinski definition) is 1. The second-order valence-electron chi connectivity index (χ2n) is 5.14. The van der Waals surface area contributed by atoms with E-state index in [-0.39, 0.29) is 0 Å². The number of hydrogen-bond donors (Lipinski definition) is 0. The van der Waals surface area contributed by atoms with Crippen molar-refractivity contribution in [1.29, 1.82) is 0 Å². The van der Waals surface area contributed by atoms with Crippen molar-refractivity contribution in [1.82, 2.24) is 0 Å². The van der Waals surface area contributed by atoms with Gasteiger partial charge in [0.05, 0.1) is 0 Å². The second kappa shape index (κ2) is 7.25. The van der Waals surface area contributed by atoms with Crippen LogP contribution in [-0.4, -0.2) is 6.61 Å². The maximum Gasteiger partial charge on any atom is 0.119 e. The van der Waals surface area contributed by atoms with Crippen LogP contribution in [0.4, 0.5) is 0 Å². The summed E-state index contributed by atoms with van der Waals surface area (Å²) >= 11 is 0. The van der Waals surface area contributed by atoms with Crippen LogP contribution in [-0.2, 0) is 5.41 Å². The lowest BCUT2D eigenvalue weighted by molar-refractivity contribution is 0.361. The minimum atomic E-state index is 0.299. The molecule has 18 heavy (non-hydrogen) atoms. The molecule has 1 unspecified atom stereocenters. The molecule has 0 heterocycles. The van der Waals surface area contributed by atoms with Gasteiger partial charge in [0.1, 0.15) is 12.4 Å². The quantitative estimate of drug-likeness (QED) is 0.579. The lowest BCUT2D eigenvalue weighted by Crippen LogP contribution is -2.20. The first-order valence-electron chi connectivity index (χ1n) is 7.00. The van der Waals surface area contributed by atoms with Crippen molar-refractivity contribution in [2.45, 2.75) is 51.9 Å². The Bertz CT molecular complexity index is 352. The summed E-state index contributed by atoms with van der Waals surface area (Å²) in [6.45, 7) is 11.1. The van der Waals surface area contributed by atoms with E-state index < -0.39 is 0 Å². The second-order valence-corrected chi connectivity index (χ2v) is 5.14. The van der Waals surface area contributed by atoms with Crippen molar-refractivity contribution >= 4 is 0 Å². The van der Waals surface area contributed by atoms with Gasteiger partial charge < -0.3 is 4.74 Å². The minimum Gasteiger partial charge on any atom is -0.490 e. The summed E-state index contributed by atoms with van der Waals surface area (Å²) in [6, 6.07) is 8.55. The molecule has 1 aromatic carbocycles. The van der Waals surface area contributed by atoms with Crippen LogP contribution in [0.15, 0.2) is 36.9 Å². The summed E-state index contributed by atoms with van der Waals surface area (Å²) in [5.74, 6) is 0.924. The van der Waals surface area contributed by atoms with E-state index in [1.165, 1.54) is 31.2 Å². The maximum atomic E-state index is 5.52. The van der Waals surface area contributed by atoms with Gasteiger partial charge in [-0.25, -0.2) is 0 Å². The van der Waals surface area contributed by atoms with E-state index in [1.807, 2.05) is 0 Å². The highest BCUT2D eigenvalue weighted by molar-refractivity contribution is 5.32.